The summed E-state index contributed by atoms with van der Waals surface area (Å²) in [6.45, 7) is 3.78. The first-order chi connectivity index (χ1) is 8.63. The van der Waals surface area contributed by atoms with Gasteiger partial charge in [0.05, 0.1) is 5.56 Å². The van der Waals surface area contributed by atoms with E-state index in [2.05, 4.69) is 6.07 Å². The SMILES string of the molecule is Cc1cc(C)c(C#N)c(C(=O)c2ccccc2)c1. The predicted molar refractivity (Wildman–Crippen MR) is 70.5 cm³/mol. The van der Waals surface area contributed by atoms with E-state index in [1.807, 2.05) is 38.1 Å². The van der Waals surface area contributed by atoms with Crippen LogP contribution < -0.4 is 0 Å². The van der Waals surface area contributed by atoms with Gasteiger partial charge >= 0.3 is 0 Å². The summed E-state index contributed by atoms with van der Waals surface area (Å²) >= 11 is 0. The molecule has 2 heteroatoms. The molecule has 0 aromatic heterocycles. The molecular formula is C16H13NO. The van der Waals surface area contributed by atoms with Gasteiger partial charge in [-0.1, -0.05) is 42.0 Å². The van der Waals surface area contributed by atoms with E-state index in [4.69, 9.17) is 0 Å². The molecule has 0 unspecified atom stereocenters. The normalized spacial score (nSPS) is 9.83. The Hall–Kier alpha value is -2.40. The highest BCUT2D eigenvalue weighted by molar-refractivity contribution is 6.10. The fourth-order valence-electron chi connectivity index (χ4n) is 2.04. The molecule has 0 heterocycles. The molecule has 0 aliphatic heterocycles. The van der Waals surface area contributed by atoms with Crippen LogP contribution in [0.25, 0.3) is 0 Å². The van der Waals surface area contributed by atoms with Crippen molar-refractivity contribution in [2.45, 2.75) is 13.8 Å². The van der Waals surface area contributed by atoms with Gasteiger partial charge in [0.2, 0.25) is 0 Å². The van der Waals surface area contributed by atoms with Crippen LogP contribution in [0.2, 0.25) is 0 Å². The first-order valence-electron chi connectivity index (χ1n) is 5.74. The van der Waals surface area contributed by atoms with Crippen LogP contribution in [0.15, 0.2) is 42.5 Å². The number of benzene rings is 2. The summed E-state index contributed by atoms with van der Waals surface area (Å²) in [5.41, 5.74) is 3.40. The fraction of sp³-hybridized carbons (Fsp3) is 0.125. The number of nitrogens with zero attached hydrogens (tertiary/aromatic N) is 1. The fourth-order valence-corrected chi connectivity index (χ4v) is 2.04. The summed E-state index contributed by atoms with van der Waals surface area (Å²) < 4.78 is 0. The van der Waals surface area contributed by atoms with Crippen LogP contribution >= 0.6 is 0 Å². The van der Waals surface area contributed by atoms with Crippen molar-refractivity contribution in [1.82, 2.24) is 0 Å². The molecule has 0 bridgehead atoms. The smallest absolute Gasteiger partial charge is 0.194 e. The van der Waals surface area contributed by atoms with Gasteiger partial charge in [-0.15, -0.1) is 0 Å². The molecule has 2 aromatic rings. The summed E-state index contributed by atoms with van der Waals surface area (Å²) in [5.74, 6) is -0.0982. The molecule has 88 valence electrons. The van der Waals surface area contributed by atoms with Crippen LogP contribution in [0.4, 0.5) is 0 Å². The van der Waals surface area contributed by atoms with Crippen molar-refractivity contribution in [3.8, 4) is 6.07 Å². The van der Waals surface area contributed by atoms with Gasteiger partial charge in [0.25, 0.3) is 0 Å². The Morgan fingerprint density at radius 2 is 1.78 bits per heavy atom. The Labute approximate surface area is 107 Å². The molecule has 0 amide bonds. The van der Waals surface area contributed by atoms with Gasteiger partial charge in [0.1, 0.15) is 6.07 Å². The average molecular weight is 235 g/mol. The van der Waals surface area contributed by atoms with Crippen LogP contribution in [-0.4, -0.2) is 5.78 Å². The third-order valence-electron chi connectivity index (χ3n) is 2.87. The van der Waals surface area contributed by atoms with E-state index >= 15 is 0 Å². The predicted octanol–water partition coefficient (Wildman–Crippen LogP) is 3.41. The molecule has 18 heavy (non-hydrogen) atoms. The number of rotatable bonds is 2. The van der Waals surface area contributed by atoms with Gasteiger partial charge in [-0.3, -0.25) is 4.79 Å². The first-order valence-corrected chi connectivity index (χ1v) is 5.74. The Morgan fingerprint density at radius 3 is 2.39 bits per heavy atom. The molecule has 0 aliphatic rings. The molecule has 0 fully saturated rings. The largest absolute Gasteiger partial charge is 0.289 e. The van der Waals surface area contributed by atoms with Gasteiger partial charge < -0.3 is 0 Å². The van der Waals surface area contributed by atoms with E-state index in [0.29, 0.717) is 16.7 Å². The van der Waals surface area contributed by atoms with Crippen molar-refractivity contribution in [3.63, 3.8) is 0 Å². The third-order valence-corrected chi connectivity index (χ3v) is 2.87. The summed E-state index contributed by atoms with van der Waals surface area (Å²) in [6, 6.07) is 14.9. The van der Waals surface area contributed by atoms with Crippen molar-refractivity contribution in [1.29, 1.82) is 5.26 Å². The second-order valence-corrected chi connectivity index (χ2v) is 4.31. The van der Waals surface area contributed by atoms with E-state index in [-0.39, 0.29) is 5.78 Å². The first kappa shape index (κ1) is 12.1. The zero-order valence-electron chi connectivity index (χ0n) is 10.4. The lowest BCUT2D eigenvalue weighted by molar-refractivity contribution is 0.103. The minimum absolute atomic E-state index is 0.0982. The van der Waals surface area contributed by atoms with Gasteiger partial charge in [0, 0.05) is 11.1 Å². The monoisotopic (exact) mass is 235 g/mol. The van der Waals surface area contributed by atoms with Crippen molar-refractivity contribution >= 4 is 5.78 Å². The second kappa shape index (κ2) is 4.85. The maximum absolute atomic E-state index is 12.4. The van der Waals surface area contributed by atoms with Crippen LogP contribution in [0.5, 0.6) is 0 Å². The van der Waals surface area contributed by atoms with Crippen LogP contribution in [0.3, 0.4) is 0 Å². The second-order valence-electron chi connectivity index (χ2n) is 4.31. The number of nitriles is 1. The minimum atomic E-state index is -0.0982. The minimum Gasteiger partial charge on any atom is -0.289 e. The van der Waals surface area contributed by atoms with E-state index in [0.717, 1.165) is 11.1 Å². The van der Waals surface area contributed by atoms with Crippen molar-refractivity contribution < 1.29 is 4.79 Å². The number of hydrogen-bond donors (Lipinski definition) is 0. The Bertz CT molecular complexity index is 636. The van der Waals surface area contributed by atoms with E-state index < -0.39 is 0 Å². The Balaban J connectivity index is 2.59. The molecule has 0 spiro atoms. The Kier molecular flexibility index (Phi) is 3.25. The number of carbonyl (C=O) groups excluding carboxylic acids is 1. The van der Waals surface area contributed by atoms with Crippen molar-refractivity contribution in [2.75, 3.05) is 0 Å². The van der Waals surface area contributed by atoms with Crippen LogP contribution in [0.1, 0.15) is 32.6 Å². The summed E-state index contributed by atoms with van der Waals surface area (Å²) in [5, 5.41) is 9.18. The van der Waals surface area contributed by atoms with Crippen LogP contribution in [0, 0.1) is 25.2 Å². The number of hydrogen-bond acceptors (Lipinski definition) is 2. The molecule has 0 saturated heterocycles. The zero-order valence-corrected chi connectivity index (χ0v) is 10.4. The maximum atomic E-state index is 12.4. The standard InChI is InChI=1S/C16H13NO/c1-11-8-12(2)15(10-17)14(9-11)16(18)13-6-4-3-5-7-13/h3-9H,1-2H3. The highest BCUT2D eigenvalue weighted by atomic mass is 16.1. The lowest BCUT2D eigenvalue weighted by Crippen LogP contribution is -2.05. The highest BCUT2D eigenvalue weighted by Crippen LogP contribution is 2.19. The maximum Gasteiger partial charge on any atom is 0.194 e. The van der Waals surface area contributed by atoms with E-state index in [1.165, 1.54) is 0 Å². The van der Waals surface area contributed by atoms with Gasteiger partial charge in [0.15, 0.2) is 5.78 Å². The third kappa shape index (κ3) is 2.16. The number of ketones is 1. The zero-order chi connectivity index (χ0) is 13.1. The molecule has 2 rings (SSSR count). The highest BCUT2D eigenvalue weighted by Gasteiger charge is 2.15. The van der Waals surface area contributed by atoms with Crippen LogP contribution in [-0.2, 0) is 0 Å². The Morgan fingerprint density at radius 1 is 1.11 bits per heavy atom. The quantitative estimate of drug-likeness (QED) is 0.748. The average Bonchev–Trinajstić information content (AvgIpc) is 2.38. The van der Waals surface area contributed by atoms with Gasteiger partial charge in [-0.05, 0) is 25.5 Å². The lowest BCUT2D eigenvalue weighted by Gasteiger charge is -2.07. The molecular weight excluding hydrogens is 222 g/mol. The summed E-state index contributed by atoms with van der Waals surface area (Å²) in [4.78, 5) is 12.4. The van der Waals surface area contributed by atoms with Gasteiger partial charge in [-0.25, -0.2) is 0 Å². The topological polar surface area (TPSA) is 40.9 Å². The van der Waals surface area contributed by atoms with E-state index in [9.17, 15) is 10.1 Å². The molecule has 0 saturated carbocycles. The molecule has 2 aromatic carbocycles. The van der Waals surface area contributed by atoms with Crippen molar-refractivity contribution in [3.05, 3.63) is 70.3 Å². The molecule has 2 nitrogen and oxygen atoms in total. The number of aryl methyl sites for hydroxylation is 2. The lowest BCUT2D eigenvalue weighted by atomic mass is 9.94. The van der Waals surface area contributed by atoms with Gasteiger partial charge in [-0.2, -0.15) is 5.26 Å². The van der Waals surface area contributed by atoms with Crippen molar-refractivity contribution in [2.24, 2.45) is 0 Å². The molecule has 0 N–H and O–H groups in total. The summed E-state index contributed by atoms with van der Waals surface area (Å²) in [6.07, 6.45) is 0. The summed E-state index contributed by atoms with van der Waals surface area (Å²) in [7, 11) is 0. The van der Waals surface area contributed by atoms with E-state index in [1.54, 1.807) is 18.2 Å². The molecule has 0 radical (unpaired) electrons. The molecule has 0 atom stereocenters. The molecule has 0 aliphatic carbocycles. The number of carbonyl (C=O) groups is 1.